The van der Waals surface area contributed by atoms with Gasteiger partial charge in [0.05, 0.1) is 5.69 Å². The van der Waals surface area contributed by atoms with Gasteiger partial charge in [0.25, 0.3) is 0 Å². The number of hydrogen-bond donors (Lipinski definition) is 0. The number of allylic oxidation sites excluding steroid dienone is 5. The summed E-state index contributed by atoms with van der Waals surface area (Å²) in [6.07, 6.45) is 6.93. The molecular weight excluding hydrogens is 545 g/mol. The first-order valence-electron chi connectivity index (χ1n) is 13.4. The van der Waals surface area contributed by atoms with Gasteiger partial charge in [0, 0.05) is 33.4 Å². The summed E-state index contributed by atoms with van der Waals surface area (Å²) in [6, 6.07) is 26.7. The average Bonchev–Trinajstić information content (AvgIpc) is 3.10. The molecule has 0 saturated carbocycles. The van der Waals surface area contributed by atoms with Gasteiger partial charge in [0.1, 0.15) is 5.82 Å². The van der Waals surface area contributed by atoms with E-state index in [0.29, 0.717) is 12.0 Å². The summed E-state index contributed by atoms with van der Waals surface area (Å²) in [5.74, 6) is -0.206. The van der Waals surface area contributed by atoms with Gasteiger partial charge in [0.15, 0.2) is 0 Å². The second-order valence-corrected chi connectivity index (χ2v) is 12.3. The highest BCUT2D eigenvalue weighted by atomic mass is 79.9. The Morgan fingerprint density at radius 2 is 1.74 bits per heavy atom. The van der Waals surface area contributed by atoms with Crippen molar-refractivity contribution in [3.8, 4) is 0 Å². The molecule has 198 valence electrons. The fourth-order valence-corrected chi connectivity index (χ4v) is 6.51. The third kappa shape index (κ3) is 4.78. The standard InChI is InChI=1S/C36H35BrFN/c1-24-12-7-10-16-30(24)36(5,23-27-18-20-28(37)22-32(27)38)25(2)13-11-17-33-35(3,4)31-21-19-26-14-8-9-15-29(26)34(31)39(33)6/h7-22H,2,23H2,1,3-6H3/b13-11+,33-17+. The molecule has 4 aromatic rings. The SMILES string of the molecule is C=C(/C=C/C=C1/N(C)c2c(ccc3ccccc23)C1(C)C)C(C)(Cc1ccc(Br)cc1F)c1ccccc1C. The van der Waals surface area contributed by atoms with Crippen LogP contribution in [0.4, 0.5) is 10.1 Å². The van der Waals surface area contributed by atoms with Gasteiger partial charge in [-0.15, -0.1) is 0 Å². The molecule has 1 atom stereocenters. The van der Waals surface area contributed by atoms with Crippen LogP contribution in [0, 0.1) is 12.7 Å². The largest absolute Gasteiger partial charge is 0.347 e. The summed E-state index contributed by atoms with van der Waals surface area (Å²) in [5, 5.41) is 2.52. The van der Waals surface area contributed by atoms with Crippen LogP contribution in [0.2, 0.25) is 0 Å². The molecule has 1 aliphatic heterocycles. The number of likely N-dealkylation sites (N-methyl/N-ethyl adjacent to an activating group) is 1. The van der Waals surface area contributed by atoms with Gasteiger partial charge in [-0.1, -0.05) is 122 Å². The summed E-state index contributed by atoms with van der Waals surface area (Å²) in [5.41, 5.74) is 7.16. The van der Waals surface area contributed by atoms with E-state index >= 15 is 0 Å². The van der Waals surface area contributed by atoms with E-state index < -0.39 is 5.41 Å². The van der Waals surface area contributed by atoms with Gasteiger partial charge in [0.2, 0.25) is 0 Å². The van der Waals surface area contributed by atoms with Crippen molar-refractivity contribution in [2.75, 3.05) is 11.9 Å². The van der Waals surface area contributed by atoms with Crippen molar-refractivity contribution in [3.05, 3.63) is 147 Å². The lowest BCUT2D eigenvalue weighted by Crippen LogP contribution is -2.28. The van der Waals surface area contributed by atoms with Crippen molar-refractivity contribution >= 4 is 32.4 Å². The maximum absolute atomic E-state index is 15.0. The first-order chi connectivity index (χ1) is 18.5. The summed E-state index contributed by atoms with van der Waals surface area (Å²) in [6.45, 7) is 13.4. The van der Waals surface area contributed by atoms with Gasteiger partial charge in [-0.05, 0) is 64.8 Å². The number of rotatable bonds is 6. The molecule has 5 rings (SSSR count). The van der Waals surface area contributed by atoms with Crippen LogP contribution in [0.25, 0.3) is 10.8 Å². The molecule has 1 heterocycles. The quantitative estimate of drug-likeness (QED) is 0.205. The molecular formula is C36H35BrFN. The molecule has 4 aromatic carbocycles. The number of hydrogen-bond acceptors (Lipinski definition) is 1. The molecule has 1 unspecified atom stereocenters. The predicted octanol–water partition coefficient (Wildman–Crippen LogP) is 9.97. The molecule has 0 amide bonds. The topological polar surface area (TPSA) is 3.24 Å². The Hall–Kier alpha value is -3.43. The molecule has 0 aliphatic carbocycles. The molecule has 3 heteroatoms. The zero-order valence-electron chi connectivity index (χ0n) is 23.4. The Morgan fingerprint density at radius 1 is 1.03 bits per heavy atom. The molecule has 0 saturated heterocycles. The number of halogens is 2. The first-order valence-corrected chi connectivity index (χ1v) is 14.2. The highest BCUT2D eigenvalue weighted by molar-refractivity contribution is 9.10. The lowest BCUT2D eigenvalue weighted by Gasteiger charge is -2.33. The van der Waals surface area contributed by atoms with E-state index in [2.05, 4.69) is 135 Å². The van der Waals surface area contributed by atoms with E-state index in [1.807, 2.05) is 18.2 Å². The first kappa shape index (κ1) is 27.1. The molecule has 0 fully saturated rings. The molecule has 0 radical (unpaired) electrons. The van der Waals surface area contributed by atoms with Crippen molar-refractivity contribution in [1.82, 2.24) is 0 Å². The Bertz CT molecular complexity index is 1640. The summed E-state index contributed by atoms with van der Waals surface area (Å²) >= 11 is 3.39. The molecule has 0 bridgehead atoms. The monoisotopic (exact) mass is 579 g/mol. The summed E-state index contributed by atoms with van der Waals surface area (Å²) in [4.78, 5) is 2.32. The lowest BCUT2D eigenvalue weighted by atomic mass is 9.70. The summed E-state index contributed by atoms with van der Waals surface area (Å²) < 4.78 is 15.7. The molecule has 0 N–H and O–H groups in total. The molecule has 39 heavy (non-hydrogen) atoms. The van der Waals surface area contributed by atoms with Gasteiger partial charge >= 0.3 is 0 Å². The van der Waals surface area contributed by atoms with E-state index in [-0.39, 0.29) is 11.2 Å². The molecule has 0 aromatic heterocycles. The Morgan fingerprint density at radius 3 is 2.49 bits per heavy atom. The predicted molar refractivity (Wildman–Crippen MR) is 168 cm³/mol. The fourth-order valence-electron chi connectivity index (χ4n) is 6.18. The van der Waals surface area contributed by atoms with Crippen LogP contribution in [0.5, 0.6) is 0 Å². The van der Waals surface area contributed by atoms with E-state index in [4.69, 9.17) is 0 Å². The highest BCUT2D eigenvalue weighted by Gasteiger charge is 2.39. The molecule has 1 aliphatic rings. The van der Waals surface area contributed by atoms with Crippen LogP contribution < -0.4 is 4.90 Å². The zero-order chi connectivity index (χ0) is 27.9. The maximum atomic E-state index is 15.0. The van der Waals surface area contributed by atoms with Crippen molar-refractivity contribution < 1.29 is 4.39 Å². The van der Waals surface area contributed by atoms with Crippen molar-refractivity contribution in [2.45, 2.75) is 44.9 Å². The lowest BCUT2D eigenvalue weighted by molar-refractivity contribution is 0.532. The number of benzene rings is 4. The van der Waals surface area contributed by atoms with Crippen molar-refractivity contribution in [2.24, 2.45) is 0 Å². The Kier molecular flexibility index (Phi) is 7.15. The van der Waals surface area contributed by atoms with Crippen LogP contribution in [-0.4, -0.2) is 7.05 Å². The van der Waals surface area contributed by atoms with E-state index in [9.17, 15) is 4.39 Å². The van der Waals surface area contributed by atoms with E-state index in [1.165, 1.54) is 39.4 Å². The van der Waals surface area contributed by atoms with Gasteiger partial charge < -0.3 is 4.90 Å². The Balaban J connectivity index is 1.52. The second-order valence-electron chi connectivity index (χ2n) is 11.4. The van der Waals surface area contributed by atoms with Crippen LogP contribution >= 0.6 is 15.9 Å². The van der Waals surface area contributed by atoms with Crippen molar-refractivity contribution in [1.29, 1.82) is 0 Å². The minimum atomic E-state index is -0.481. The van der Waals surface area contributed by atoms with E-state index in [1.54, 1.807) is 0 Å². The number of aryl methyl sites for hydroxylation is 1. The van der Waals surface area contributed by atoms with Gasteiger partial charge in [-0.25, -0.2) is 4.39 Å². The number of nitrogens with zero attached hydrogens (tertiary/aromatic N) is 1. The zero-order valence-corrected chi connectivity index (χ0v) is 24.9. The Labute approximate surface area is 240 Å². The van der Waals surface area contributed by atoms with Crippen LogP contribution in [0.15, 0.2) is 119 Å². The second kappa shape index (κ2) is 10.3. The third-order valence-electron chi connectivity index (χ3n) is 8.47. The number of anilines is 1. The van der Waals surface area contributed by atoms with Gasteiger partial charge in [-0.3, -0.25) is 0 Å². The maximum Gasteiger partial charge on any atom is 0.127 e. The number of fused-ring (bicyclic) bond motifs is 3. The van der Waals surface area contributed by atoms with Gasteiger partial charge in [-0.2, -0.15) is 0 Å². The summed E-state index contributed by atoms with van der Waals surface area (Å²) in [7, 11) is 2.16. The average molecular weight is 581 g/mol. The molecule has 0 spiro atoms. The minimum absolute atomic E-state index is 0.139. The minimum Gasteiger partial charge on any atom is -0.347 e. The van der Waals surface area contributed by atoms with Crippen molar-refractivity contribution in [3.63, 3.8) is 0 Å². The van der Waals surface area contributed by atoms with Crippen LogP contribution in [0.1, 0.15) is 43.0 Å². The third-order valence-corrected chi connectivity index (χ3v) is 8.96. The van der Waals surface area contributed by atoms with Crippen LogP contribution in [0.3, 0.4) is 0 Å². The normalized spacial score (nSPS) is 17.1. The highest BCUT2D eigenvalue weighted by Crippen LogP contribution is 2.50. The smallest absolute Gasteiger partial charge is 0.127 e. The fraction of sp³-hybridized carbons (Fsp3) is 0.222. The van der Waals surface area contributed by atoms with E-state index in [0.717, 1.165) is 15.6 Å². The molecule has 1 nitrogen and oxygen atoms in total. The van der Waals surface area contributed by atoms with Crippen LogP contribution in [-0.2, 0) is 17.3 Å².